The number of benzene rings is 5. The number of hydrogen-bond donors (Lipinski definition) is 0. The van der Waals surface area contributed by atoms with Crippen LogP contribution >= 0.6 is 0 Å². The number of fused-ring (bicyclic) bond motifs is 6. The molecule has 0 saturated carbocycles. The first-order valence-electron chi connectivity index (χ1n) is 17.7. The second kappa shape index (κ2) is 11.7. The van der Waals surface area contributed by atoms with Gasteiger partial charge in [-0.2, -0.15) is 0 Å². The molecule has 0 atom stereocenters. The Morgan fingerprint density at radius 3 is 2.10 bits per heavy atom. The van der Waals surface area contributed by atoms with Crippen LogP contribution in [0.15, 0.2) is 158 Å². The quantitative estimate of drug-likeness (QED) is 0.183. The van der Waals surface area contributed by atoms with Crippen molar-refractivity contribution in [3.05, 3.63) is 175 Å². The lowest BCUT2D eigenvalue weighted by Gasteiger charge is -2.15. The summed E-state index contributed by atoms with van der Waals surface area (Å²) in [6.07, 6.45) is 19.6. The largest absolute Gasteiger partial charge is 0.310 e. The maximum atomic E-state index is 4.30. The molecule has 0 spiro atoms. The van der Waals surface area contributed by atoms with E-state index in [2.05, 4.69) is 166 Å². The van der Waals surface area contributed by atoms with Gasteiger partial charge in [-0.05, 0) is 137 Å². The Kier molecular flexibility index (Phi) is 6.76. The van der Waals surface area contributed by atoms with Crippen LogP contribution in [0, 0.1) is 0 Å². The lowest BCUT2D eigenvalue weighted by molar-refractivity contribution is 0.967. The maximum absolute atomic E-state index is 4.30. The Hall–Kier alpha value is -6.19. The summed E-state index contributed by atoms with van der Waals surface area (Å²) in [4.78, 5) is 4.30. The lowest BCUT2D eigenvalue weighted by atomic mass is 9.95. The third kappa shape index (κ3) is 4.69. The molecule has 2 aliphatic carbocycles. The zero-order valence-electron chi connectivity index (χ0n) is 27.8. The summed E-state index contributed by atoms with van der Waals surface area (Å²) >= 11 is 0. The van der Waals surface area contributed by atoms with Gasteiger partial charge >= 0.3 is 0 Å². The summed E-state index contributed by atoms with van der Waals surface area (Å²) in [5.74, 6) is 0. The van der Waals surface area contributed by atoms with Crippen molar-refractivity contribution in [1.82, 2.24) is 14.1 Å². The van der Waals surface area contributed by atoms with Gasteiger partial charge in [0.15, 0.2) is 0 Å². The number of allylic oxidation sites excluding steroid dienone is 5. The SMILES string of the molecule is C1=CC(c2cc(-c3ccncc3)cc(-n3c4ccccc4c4ccc(-c5ccc6c(c5)c5c(n6-c6ccccc6)C=CCC5)cc43)c2)=CCC1. The zero-order chi connectivity index (χ0) is 33.0. The molecule has 3 heteroatoms. The fraction of sp³-hybridized carbons (Fsp3) is 0.0851. The van der Waals surface area contributed by atoms with Crippen molar-refractivity contribution in [2.24, 2.45) is 0 Å². The molecule has 10 rings (SSSR count). The Morgan fingerprint density at radius 2 is 1.22 bits per heavy atom. The summed E-state index contributed by atoms with van der Waals surface area (Å²) in [7, 11) is 0. The molecule has 238 valence electrons. The number of hydrogen-bond acceptors (Lipinski definition) is 1. The van der Waals surface area contributed by atoms with E-state index in [-0.39, 0.29) is 0 Å². The molecule has 3 nitrogen and oxygen atoms in total. The Balaban J connectivity index is 1.19. The first kappa shape index (κ1) is 28.8. The standard InChI is InChI=1S/C47H35N3/c1-3-11-32(12-4-1)36-27-37(33-23-25-48-26-24-33)29-39(28-36)50-44-17-9-7-15-40(44)42-21-19-35(31-47(42)50)34-20-22-46-43(30-34)41-16-8-10-18-45(41)49(46)38-13-5-2-6-14-38/h2-3,5-7,9-15,17-31H,1,4,8,16H2. The topological polar surface area (TPSA) is 22.8 Å². The molecule has 8 aromatic rings. The second-order valence-corrected chi connectivity index (χ2v) is 13.4. The van der Waals surface area contributed by atoms with Crippen molar-refractivity contribution >= 4 is 44.4 Å². The van der Waals surface area contributed by atoms with E-state index in [9.17, 15) is 0 Å². The van der Waals surface area contributed by atoms with Crippen molar-refractivity contribution in [2.75, 3.05) is 0 Å². The number of aryl methyl sites for hydroxylation is 1. The maximum Gasteiger partial charge on any atom is 0.0547 e. The third-order valence-corrected chi connectivity index (χ3v) is 10.5. The van der Waals surface area contributed by atoms with Gasteiger partial charge in [0, 0.05) is 45.6 Å². The minimum absolute atomic E-state index is 1.06. The first-order valence-corrected chi connectivity index (χ1v) is 17.7. The van der Waals surface area contributed by atoms with Crippen molar-refractivity contribution in [3.8, 4) is 33.6 Å². The monoisotopic (exact) mass is 641 g/mol. The molecule has 2 aliphatic rings. The van der Waals surface area contributed by atoms with Gasteiger partial charge in [-0.25, -0.2) is 0 Å². The predicted molar refractivity (Wildman–Crippen MR) is 210 cm³/mol. The van der Waals surface area contributed by atoms with E-state index in [0.717, 1.165) is 31.4 Å². The molecule has 3 heterocycles. The smallest absolute Gasteiger partial charge is 0.0547 e. The van der Waals surface area contributed by atoms with Gasteiger partial charge < -0.3 is 9.13 Å². The molecule has 0 amide bonds. The molecule has 50 heavy (non-hydrogen) atoms. The van der Waals surface area contributed by atoms with Crippen LogP contribution in [-0.4, -0.2) is 14.1 Å². The van der Waals surface area contributed by atoms with Crippen molar-refractivity contribution in [2.45, 2.75) is 25.7 Å². The van der Waals surface area contributed by atoms with Gasteiger partial charge in [0.05, 0.1) is 16.6 Å². The van der Waals surface area contributed by atoms with E-state index >= 15 is 0 Å². The molecule has 0 aliphatic heterocycles. The average molecular weight is 642 g/mol. The van der Waals surface area contributed by atoms with Crippen LogP contribution in [0.1, 0.15) is 36.1 Å². The van der Waals surface area contributed by atoms with E-state index in [0.29, 0.717) is 0 Å². The highest BCUT2D eigenvalue weighted by Gasteiger charge is 2.20. The van der Waals surface area contributed by atoms with Gasteiger partial charge in [0.25, 0.3) is 0 Å². The average Bonchev–Trinajstić information content (AvgIpc) is 3.71. The summed E-state index contributed by atoms with van der Waals surface area (Å²) < 4.78 is 4.89. The molecular formula is C47H35N3. The second-order valence-electron chi connectivity index (χ2n) is 13.4. The number of aromatic nitrogens is 3. The molecule has 3 aromatic heterocycles. The van der Waals surface area contributed by atoms with Crippen LogP contribution in [0.5, 0.6) is 0 Å². The molecule has 0 radical (unpaired) electrons. The first-order chi connectivity index (χ1) is 24.8. The Labute approximate surface area is 291 Å². The van der Waals surface area contributed by atoms with Crippen LogP contribution in [0.4, 0.5) is 0 Å². The fourth-order valence-electron chi connectivity index (χ4n) is 8.14. The predicted octanol–water partition coefficient (Wildman–Crippen LogP) is 12.1. The van der Waals surface area contributed by atoms with Gasteiger partial charge in [-0.1, -0.05) is 78.9 Å². The van der Waals surface area contributed by atoms with Gasteiger partial charge in [-0.15, -0.1) is 0 Å². The fourth-order valence-corrected chi connectivity index (χ4v) is 8.14. The van der Waals surface area contributed by atoms with Crippen LogP contribution < -0.4 is 0 Å². The molecule has 0 saturated heterocycles. The lowest BCUT2D eigenvalue weighted by Crippen LogP contribution is -1.99. The molecular weight excluding hydrogens is 607 g/mol. The van der Waals surface area contributed by atoms with Crippen molar-refractivity contribution < 1.29 is 0 Å². The Morgan fingerprint density at radius 1 is 0.460 bits per heavy atom. The highest BCUT2D eigenvalue weighted by Crippen LogP contribution is 2.40. The normalized spacial score (nSPS) is 14.0. The number of pyridine rings is 1. The molecule has 5 aromatic carbocycles. The summed E-state index contributed by atoms with van der Waals surface area (Å²) in [5.41, 5.74) is 16.1. The highest BCUT2D eigenvalue weighted by molar-refractivity contribution is 6.10. The van der Waals surface area contributed by atoms with Crippen molar-refractivity contribution in [3.63, 3.8) is 0 Å². The van der Waals surface area contributed by atoms with E-state index in [1.165, 1.54) is 83.0 Å². The molecule has 0 N–H and O–H groups in total. The van der Waals surface area contributed by atoms with E-state index in [4.69, 9.17) is 0 Å². The molecule has 0 fully saturated rings. The van der Waals surface area contributed by atoms with E-state index in [1.54, 1.807) is 0 Å². The van der Waals surface area contributed by atoms with Crippen molar-refractivity contribution in [1.29, 1.82) is 0 Å². The summed E-state index contributed by atoms with van der Waals surface area (Å²) in [6.45, 7) is 0. The van der Waals surface area contributed by atoms with Crippen LogP contribution in [-0.2, 0) is 6.42 Å². The van der Waals surface area contributed by atoms with E-state index in [1.807, 2.05) is 12.4 Å². The summed E-state index contributed by atoms with van der Waals surface area (Å²) in [5, 5.41) is 3.86. The van der Waals surface area contributed by atoms with Gasteiger partial charge in [0.1, 0.15) is 0 Å². The highest BCUT2D eigenvalue weighted by atomic mass is 15.0. The third-order valence-electron chi connectivity index (χ3n) is 10.5. The van der Waals surface area contributed by atoms with Crippen LogP contribution in [0.2, 0.25) is 0 Å². The number of para-hydroxylation sites is 2. The Bertz CT molecular complexity index is 2680. The number of rotatable bonds is 5. The van der Waals surface area contributed by atoms with Gasteiger partial charge in [-0.3, -0.25) is 4.98 Å². The van der Waals surface area contributed by atoms with E-state index < -0.39 is 0 Å². The van der Waals surface area contributed by atoms with Crippen LogP contribution in [0.25, 0.3) is 78.0 Å². The minimum atomic E-state index is 1.06. The van der Waals surface area contributed by atoms with Gasteiger partial charge in [0.2, 0.25) is 0 Å². The zero-order valence-corrected chi connectivity index (χ0v) is 27.8. The molecule has 0 bridgehead atoms. The summed E-state index contributed by atoms with van der Waals surface area (Å²) in [6, 6.07) is 44.9. The van der Waals surface area contributed by atoms with Crippen LogP contribution in [0.3, 0.4) is 0 Å². The molecule has 0 unspecified atom stereocenters. The number of nitrogens with zero attached hydrogens (tertiary/aromatic N) is 3. The minimum Gasteiger partial charge on any atom is -0.310 e.